The highest BCUT2D eigenvalue weighted by molar-refractivity contribution is 14.1. The van der Waals surface area contributed by atoms with E-state index >= 15 is 0 Å². The molecule has 1 atom stereocenters. The van der Waals surface area contributed by atoms with Crippen molar-refractivity contribution in [3.05, 3.63) is 24.0 Å². The highest BCUT2D eigenvalue weighted by Crippen LogP contribution is 2.17. The number of hydrogen-bond acceptors (Lipinski definition) is 2. The lowest BCUT2D eigenvalue weighted by Gasteiger charge is -2.20. The van der Waals surface area contributed by atoms with Crippen LogP contribution < -0.4 is 0 Å². The molecule has 0 N–H and O–H groups in total. The Morgan fingerprint density at radius 2 is 2.43 bits per heavy atom. The van der Waals surface area contributed by atoms with Crippen molar-refractivity contribution in [2.24, 2.45) is 5.92 Å². The van der Waals surface area contributed by atoms with E-state index in [0.717, 1.165) is 10.7 Å². The van der Waals surface area contributed by atoms with Gasteiger partial charge in [-0.2, -0.15) is 0 Å². The third kappa shape index (κ3) is 2.67. The smallest absolute Gasteiger partial charge is 0.231 e. The maximum Gasteiger partial charge on any atom is 0.231 e. The Balaban J connectivity index is 2.73. The molecule has 1 heterocycles. The number of amides is 1. The van der Waals surface area contributed by atoms with Crippen molar-refractivity contribution in [2.45, 2.75) is 13.3 Å². The molecule has 0 aromatic heterocycles. The van der Waals surface area contributed by atoms with E-state index in [1.807, 2.05) is 13.0 Å². The van der Waals surface area contributed by atoms with Crippen molar-refractivity contribution in [1.29, 1.82) is 0 Å². The van der Waals surface area contributed by atoms with E-state index in [2.05, 4.69) is 22.6 Å². The lowest BCUT2D eigenvalue weighted by molar-refractivity contribution is -0.126. The van der Waals surface area contributed by atoms with Crippen LogP contribution in [0.5, 0.6) is 0 Å². The normalized spacial score (nSPS) is 20.6. The van der Waals surface area contributed by atoms with Crippen LogP contribution in [-0.2, 0) is 9.59 Å². The van der Waals surface area contributed by atoms with Gasteiger partial charge in [0, 0.05) is 34.7 Å². The number of rotatable bonds is 3. The maximum absolute atomic E-state index is 11.5. The molecule has 0 aliphatic carbocycles. The summed E-state index contributed by atoms with van der Waals surface area (Å²) in [6.07, 6.45) is 6.51. The molecule has 4 heteroatoms. The first-order valence-electron chi connectivity index (χ1n) is 4.41. The molecule has 1 aliphatic rings. The first kappa shape index (κ1) is 11.4. The monoisotopic (exact) mass is 305 g/mol. The van der Waals surface area contributed by atoms with Gasteiger partial charge in [0.05, 0.1) is 0 Å². The summed E-state index contributed by atoms with van der Waals surface area (Å²) in [4.78, 5) is 23.6. The Morgan fingerprint density at radius 3 is 3.00 bits per heavy atom. The average Bonchev–Trinajstić information content (AvgIpc) is 2.19. The molecule has 0 radical (unpaired) electrons. The highest BCUT2D eigenvalue weighted by atomic mass is 127. The Bertz CT molecular complexity index is 296. The largest absolute Gasteiger partial charge is 0.298 e. The van der Waals surface area contributed by atoms with E-state index < -0.39 is 0 Å². The van der Waals surface area contributed by atoms with E-state index in [1.54, 1.807) is 12.4 Å². The Labute approximate surface area is 97.0 Å². The fourth-order valence-electron chi connectivity index (χ4n) is 1.16. The third-order valence-electron chi connectivity index (χ3n) is 2.08. The Hall–Kier alpha value is -0.650. The van der Waals surface area contributed by atoms with Crippen LogP contribution in [0, 0.1) is 5.92 Å². The molecule has 0 aromatic rings. The number of alkyl halides is 1. The molecule has 0 saturated heterocycles. The van der Waals surface area contributed by atoms with E-state index in [1.165, 1.54) is 4.90 Å². The molecule has 3 nitrogen and oxygen atoms in total. The van der Waals surface area contributed by atoms with Crippen molar-refractivity contribution < 1.29 is 9.59 Å². The molecule has 1 rings (SSSR count). The van der Waals surface area contributed by atoms with Gasteiger partial charge in [-0.3, -0.25) is 14.5 Å². The first-order chi connectivity index (χ1) is 6.69. The lowest BCUT2D eigenvalue weighted by Crippen LogP contribution is -2.24. The van der Waals surface area contributed by atoms with Crippen molar-refractivity contribution in [1.82, 2.24) is 4.90 Å². The molecule has 1 aliphatic heterocycles. The summed E-state index contributed by atoms with van der Waals surface area (Å²) in [7, 11) is 0. The molecule has 0 saturated carbocycles. The SMILES string of the molecule is C[C@@H]1C=CN(C(=O)CCI)C=C1C=O. The Kier molecular flexibility index (Phi) is 4.31. The van der Waals surface area contributed by atoms with Gasteiger partial charge < -0.3 is 0 Å². The van der Waals surface area contributed by atoms with Crippen molar-refractivity contribution in [3.8, 4) is 0 Å². The summed E-state index contributed by atoms with van der Waals surface area (Å²) < 4.78 is 0.792. The van der Waals surface area contributed by atoms with Gasteiger partial charge in [0.1, 0.15) is 6.29 Å². The quantitative estimate of drug-likeness (QED) is 0.454. The molecule has 1 amide bonds. The molecule has 76 valence electrons. The molecule has 0 bridgehead atoms. The van der Waals surface area contributed by atoms with Crippen LogP contribution in [0.4, 0.5) is 0 Å². The summed E-state index contributed by atoms with van der Waals surface area (Å²) >= 11 is 2.16. The standard InChI is InChI=1S/C10H12INO2/c1-8-3-5-12(6-9(8)7-13)10(14)2-4-11/h3,5-8H,2,4H2,1H3/t8-/m1/s1. The molecule has 0 unspecified atom stereocenters. The van der Waals surface area contributed by atoms with Crippen LogP contribution in [0.3, 0.4) is 0 Å². The molecular formula is C10H12INO2. The summed E-state index contributed by atoms with van der Waals surface area (Å²) in [5.74, 6) is 0.137. The minimum atomic E-state index is 0.0295. The molecule has 0 fully saturated rings. The fourth-order valence-corrected chi connectivity index (χ4v) is 1.62. The summed E-state index contributed by atoms with van der Waals surface area (Å²) in [5.41, 5.74) is 0.648. The zero-order valence-electron chi connectivity index (χ0n) is 7.94. The summed E-state index contributed by atoms with van der Waals surface area (Å²) in [6, 6.07) is 0. The van der Waals surface area contributed by atoms with Gasteiger partial charge in [0.15, 0.2) is 0 Å². The number of aldehydes is 1. The Morgan fingerprint density at radius 1 is 1.71 bits per heavy atom. The van der Waals surface area contributed by atoms with Crippen molar-refractivity contribution in [3.63, 3.8) is 0 Å². The molecule has 0 aromatic carbocycles. The van der Waals surface area contributed by atoms with Gasteiger partial charge in [-0.1, -0.05) is 35.6 Å². The zero-order chi connectivity index (χ0) is 10.6. The van der Waals surface area contributed by atoms with Crippen LogP contribution >= 0.6 is 22.6 Å². The lowest BCUT2D eigenvalue weighted by atomic mass is 10.0. The number of allylic oxidation sites excluding steroid dienone is 2. The van der Waals surface area contributed by atoms with Crippen LogP contribution in [0.2, 0.25) is 0 Å². The van der Waals surface area contributed by atoms with Gasteiger partial charge in [0.25, 0.3) is 0 Å². The van der Waals surface area contributed by atoms with E-state index in [-0.39, 0.29) is 11.8 Å². The molecular weight excluding hydrogens is 293 g/mol. The average molecular weight is 305 g/mol. The minimum absolute atomic E-state index is 0.0295. The van der Waals surface area contributed by atoms with Crippen LogP contribution in [0.15, 0.2) is 24.0 Å². The third-order valence-corrected chi connectivity index (χ3v) is 2.62. The van der Waals surface area contributed by atoms with Gasteiger partial charge >= 0.3 is 0 Å². The fraction of sp³-hybridized carbons (Fsp3) is 0.400. The number of hydrogen-bond donors (Lipinski definition) is 0. The number of carbonyl (C=O) groups is 2. The van der Waals surface area contributed by atoms with Crippen molar-refractivity contribution in [2.75, 3.05) is 4.43 Å². The van der Waals surface area contributed by atoms with E-state index in [0.29, 0.717) is 12.0 Å². The second-order valence-corrected chi connectivity index (χ2v) is 4.20. The predicted molar refractivity (Wildman–Crippen MR) is 62.8 cm³/mol. The van der Waals surface area contributed by atoms with Crippen LogP contribution in [0.25, 0.3) is 0 Å². The predicted octanol–water partition coefficient (Wildman–Crippen LogP) is 1.89. The topological polar surface area (TPSA) is 37.4 Å². The minimum Gasteiger partial charge on any atom is -0.298 e. The highest BCUT2D eigenvalue weighted by Gasteiger charge is 2.15. The van der Waals surface area contributed by atoms with Gasteiger partial charge in [-0.05, 0) is 0 Å². The molecule has 0 spiro atoms. The number of halogens is 1. The van der Waals surface area contributed by atoms with Crippen LogP contribution in [0.1, 0.15) is 13.3 Å². The van der Waals surface area contributed by atoms with Crippen LogP contribution in [-0.4, -0.2) is 21.5 Å². The number of carbonyl (C=O) groups excluding carboxylic acids is 2. The maximum atomic E-state index is 11.5. The summed E-state index contributed by atoms with van der Waals surface area (Å²) in [5, 5.41) is 0. The zero-order valence-corrected chi connectivity index (χ0v) is 10.1. The van der Waals surface area contributed by atoms with Gasteiger partial charge in [-0.15, -0.1) is 0 Å². The first-order valence-corrected chi connectivity index (χ1v) is 5.94. The van der Waals surface area contributed by atoms with E-state index in [9.17, 15) is 9.59 Å². The van der Waals surface area contributed by atoms with Gasteiger partial charge in [0.2, 0.25) is 5.91 Å². The number of nitrogens with zero attached hydrogens (tertiary/aromatic N) is 1. The summed E-state index contributed by atoms with van der Waals surface area (Å²) in [6.45, 7) is 1.93. The van der Waals surface area contributed by atoms with Gasteiger partial charge in [-0.25, -0.2) is 0 Å². The molecule has 14 heavy (non-hydrogen) atoms. The second-order valence-electron chi connectivity index (χ2n) is 3.12. The second kappa shape index (κ2) is 5.29. The van der Waals surface area contributed by atoms with E-state index in [4.69, 9.17) is 0 Å². The van der Waals surface area contributed by atoms with Crippen molar-refractivity contribution >= 4 is 34.8 Å².